The first-order valence-corrected chi connectivity index (χ1v) is 8.43. The molecule has 0 amide bonds. The third kappa shape index (κ3) is 4.19. The lowest BCUT2D eigenvalue weighted by atomic mass is 10.2. The van der Waals surface area contributed by atoms with E-state index in [0.717, 1.165) is 5.56 Å². The van der Waals surface area contributed by atoms with Gasteiger partial charge in [0.1, 0.15) is 0 Å². The highest BCUT2D eigenvalue weighted by atomic mass is 35.5. The topological polar surface area (TPSA) is 80.6 Å². The van der Waals surface area contributed by atoms with Gasteiger partial charge >= 0.3 is 0 Å². The van der Waals surface area contributed by atoms with Gasteiger partial charge in [-0.1, -0.05) is 17.7 Å². The molecule has 3 rings (SSSR count). The van der Waals surface area contributed by atoms with Crippen molar-refractivity contribution in [2.45, 2.75) is 6.92 Å². The fourth-order valence-corrected chi connectivity index (χ4v) is 2.76. The van der Waals surface area contributed by atoms with E-state index in [4.69, 9.17) is 58.0 Å². The first-order valence-electron chi connectivity index (χ1n) is 6.54. The van der Waals surface area contributed by atoms with E-state index in [2.05, 4.69) is 29.9 Å². The van der Waals surface area contributed by atoms with Crippen LogP contribution in [0.5, 0.6) is 0 Å². The maximum absolute atomic E-state index is 6.22. The van der Waals surface area contributed by atoms with Crippen LogP contribution in [0.3, 0.4) is 0 Å². The molecule has 0 saturated heterocycles. The molecular formula is C13H6Cl5N7. The Labute approximate surface area is 167 Å². The molecule has 2 heterocycles. The van der Waals surface area contributed by atoms with Crippen molar-refractivity contribution in [3.63, 3.8) is 0 Å². The summed E-state index contributed by atoms with van der Waals surface area (Å²) < 4.78 is 0. The maximum Gasteiger partial charge on any atom is 0.242 e. The zero-order valence-corrected chi connectivity index (χ0v) is 16.0. The van der Waals surface area contributed by atoms with Gasteiger partial charge < -0.3 is 0 Å². The van der Waals surface area contributed by atoms with Crippen molar-refractivity contribution in [3.05, 3.63) is 49.9 Å². The molecule has 0 saturated carbocycles. The number of hydrogen-bond acceptors (Lipinski definition) is 7. The first-order chi connectivity index (χ1) is 11.8. The number of rotatable bonds is 3. The van der Waals surface area contributed by atoms with Crippen LogP contribution in [0, 0.1) is 6.92 Å². The highest BCUT2D eigenvalue weighted by Crippen LogP contribution is 2.33. The van der Waals surface area contributed by atoms with Gasteiger partial charge in [0.15, 0.2) is 0 Å². The van der Waals surface area contributed by atoms with Crippen LogP contribution < -0.4 is 4.90 Å². The number of aromatic nitrogens is 6. The quantitative estimate of drug-likeness (QED) is 0.564. The van der Waals surface area contributed by atoms with Crippen LogP contribution in [-0.4, -0.2) is 29.9 Å². The molecule has 12 heteroatoms. The zero-order chi connectivity index (χ0) is 18.1. The Hall–Kier alpha value is -1.51. The standard InChI is InChI=1S/C13H6Cl5N7/c1-5-2-3-6(4-7(5)14)25(12-21-8(15)19-9(16)22-12)13-23-10(17)20-11(18)24-13/h2-4H,1H3. The molecule has 0 aliphatic heterocycles. The Balaban J connectivity index is 2.25. The molecule has 0 N–H and O–H groups in total. The Bertz CT molecular complexity index is 860. The van der Waals surface area contributed by atoms with E-state index in [0.29, 0.717) is 10.7 Å². The van der Waals surface area contributed by atoms with Crippen molar-refractivity contribution < 1.29 is 0 Å². The summed E-state index contributed by atoms with van der Waals surface area (Å²) in [5.41, 5.74) is 1.41. The van der Waals surface area contributed by atoms with Crippen molar-refractivity contribution in [2.75, 3.05) is 4.90 Å². The number of hydrogen-bond donors (Lipinski definition) is 0. The molecule has 3 aromatic rings. The SMILES string of the molecule is Cc1ccc(N(c2nc(Cl)nc(Cl)n2)c2nc(Cl)nc(Cl)n2)cc1Cl. The number of halogens is 5. The summed E-state index contributed by atoms with van der Waals surface area (Å²) in [5, 5.41) is 0.0860. The lowest BCUT2D eigenvalue weighted by Crippen LogP contribution is -2.17. The average molecular weight is 438 g/mol. The minimum absolute atomic E-state index is 0.0586. The number of benzene rings is 1. The van der Waals surface area contributed by atoms with Gasteiger partial charge in [0, 0.05) is 5.02 Å². The van der Waals surface area contributed by atoms with Crippen molar-refractivity contribution in [1.29, 1.82) is 0 Å². The van der Waals surface area contributed by atoms with Crippen LogP contribution in [0.4, 0.5) is 17.6 Å². The van der Waals surface area contributed by atoms with Gasteiger partial charge in [-0.2, -0.15) is 29.9 Å². The van der Waals surface area contributed by atoms with Crippen LogP contribution in [0.15, 0.2) is 18.2 Å². The van der Waals surface area contributed by atoms with Gasteiger partial charge in [-0.25, -0.2) is 4.90 Å². The van der Waals surface area contributed by atoms with Crippen molar-refractivity contribution in [3.8, 4) is 0 Å². The first kappa shape index (κ1) is 18.3. The number of anilines is 3. The lowest BCUT2D eigenvalue weighted by Gasteiger charge is -2.21. The molecule has 128 valence electrons. The molecule has 0 aliphatic carbocycles. The molecule has 25 heavy (non-hydrogen) atoms. The predicted octanol–water partition coefficient (Wildman–Crippen LogP) is 5.10. The van der Waals surface area contributed by atoms with Crippen molar-refractivity contribution in [2.24, 2.45) is 0 Å². The van der Waals surface area contributed by atoms with Crippen LogP contribution in [0.25, 0.3) is 0 Å². The molecule has 0 bridgehead atoms. The molecule has 1 aromatic carbocycles. The molecule has 0 atom stereocenters. The maximum atomic E-state index is 6.22. The monoisotopic (exact) mass is 435 g/mol. The molecular weight excluding hydrogens is 431 g/mol. The minimum atomic E-state index is -0.107. The van der Waals surface area contributed by atoms with Gasteiger partial charge in [-0.15, -0.1) is 0 Å². The Morgan fingerprint density at radius 2 is 1.12 bits per heavy atom. The van der Waals surface area contributed by atoms with Gasteiger partial charge in [-0.3, -0.25) is 0 Å². The van der Waals surface area contributed by atoms with E-state index < -0.39 is 0 Å². The molecule has 2 aromatic heterocycles. The lowest BCUT2D eigenvalue weighted by molar-refractivity contribution is 0.950. The average Bonchev–Trinajstić information content (AvgIpc) is 2.49. The third-order valence-corrected chi connectivity index (χ3v) is 4.04. The van der Waals surface area contributed by atoms with Gasteiger partial charge in [0.25, 0.3) is 0 Å². The fourth-order valence-electron chi connectivity index (χ4n) is 1.87. The Morgan fingerprint density at radius 3 is 1.52 bits per heavy atom. The van der Waals surface area contributed by atoms with Crippen LogP contribution in [-0.2, 0) is 0 Å². The van der Waals surface area contributed by atoms with Crippen LogP contribution in [0.1, 0.15) is 5.56 Å². The Kier molecular flexibility index (Phi) is 5.41. The van der Waals surface area contributed by atoms with E-state index in [1.165, 1.54) is 4.90 Å². The largest absolute Gasteiger partial charge is 0.246 e. The molecule has 7 nitrogen and oxygen atoms in total. The smallest absolute Gasteiger partial charge is 0.242 e. The van der Waals surface area contributed by atoms with Crippen molar-refractivity contribution >= 4 is 75.6 Å². The number of aryl methyl sites for hydroxylation is 1. The van der Waals surface area contributed by atoms with E-state index in [-0.39, 0.29) is 33.0 Å². The highest BCUT2D eigenvalue weighted by molar-refractivity contribution is 6.32. The molecule has 0 unspecified atom stereocenters. The summed E-state index contributed by atoms with van der Waals surface area (Å²) in [6.07, 6.45) is 0. The molecule has 0 radical (unpaired) electrons. The van der Waals surface area contributed by atoms with Crippen LogP contribution in [0.2, 0.25) is 26.2 Å². The zero-order valence-electron chi connectivity index (χ0n) is 12.3. The third-order valence-electron chi connectivity index (χ3n) is 2.95. The second-order valence-electron chi connectivity index (χ2n) is 4.62. The minimum Gasteiger partial charge on any atom is -0.246 e. The van der Waals surface area contributed by atoms with Crippen molar-refractivity contribution in [1.82, 2.24) is 29.9 Å². The summed E-state index contributed by atoms with van der Waals surface area (Å²) in [7, 11) is 0. The van der Waals surface area contributed by atoms with E-state index in [9.17, 15) is 0 Å². The van der Waals surface area contributed by atoms with E-state index in [1.807, 2.05) is 6.92 Å². The van der Waals surface area contributed by atoms with E-state index >= 15 is 0 Å². The second kappa shape index (κ2) is 7.39. The van der Waals surface area contributed by atoms with Crippen LogP contribution >= 0.6 is 58.0 Å². The van der Waals surface area contributed by atoms with E-state index in [1.54, 1.807) is 18.2 Å². The van der Waals surface area contributed by atoms with Gasteiger partial charge in [-0.05, 0) is 71.0 Å². The molecule has 0 fully saturated rings. The summed E-state index contributed by atoms with van der Waals surface area (Å²) in [4.78, 5) is 25.1. The normalized spacial score (nSPS) is 10.8. The molecule has 0 aliphatic rings. The summed E-state index contributed by atoms with van der Waals surface area (Å²) in [6.45, 7) is 1.86. The van der Waals surface area contributed by atoms with Gasteiger partial charge in [0.2, 0.25) is 33.0 Å². The summed E-state index contributed by atoms with van der Waals surface area (Å²) in [6, 6.07) is 5.24. The predicted molar refractivity (Wildman–Crippen MR) is 97.7 cm³/mol. The summed E-state index contributed by atoms with van der Waals surface area (Å²) in [5.74, 6) is 0.117. The fraction of sp³-hybridized carbons (Fsp3) is 0.0769. The Morgan fingerprint density at radius 1 is 0.680 bits per heavy atom. The van der Waals surface area contributed by atoms with Gasteiger partial charge in [0.05, 0.1) is 5.69 Å². The second-order valence-corrected chi connectivity index (χ2v) is 6.38. The molecule has 0 spiro atoms. The summed E-state index contributed by atoms with van der Waals surface area (Å²) >= 11 is 29.8. The number of nitrogens with zero attached hydrogens (tertiary/aromatic N) is 7. The highest BCUT2D eigenvalue weighted by Gasteiger charge is 2.22.